The maximum atomic E-state index is 11.9. The fraction of sp³-hybridized carbons (Fsp3) is 0.500. The van der Waals surface area contributed by atoms with Gasteiger partial charge in [-0.15, -0.1) is 0 Å². The van der Waals surface area contributed by atoms with Gasteiger partial charge in [-0.05, 0) is 81.0 Å². The van der Waals surface area contributed by atoms with Crippen LogP contribution in [0.3, 0.4) is 0 Å². The van der Waals surface area contributed by atoms with Crippen LogP contribution in [0, 0.1) is 6.92 Å². The van der Waals surface area contributed by atoms with Crippen LogP contribution in [0.25, 0.3) is 6.08 Å². The van der Waals surface area contributed by atoms with Crippen molar-refractivity contribution in [1.29, 1.82) is 0 Å². The van der Waals surface area contributed by atoms with Gasteiger partial charge in [0.2, 0.25) is 0 Å². The van der Waals surface area contributed by atoms with Gasteiger partial charge in [0, 0.05) is 29.2 Å². The number of methoxy groups -OCH3 is 1. The molecule has 1 saturated heterocycles. The van der Waals surface area contributed by atoms with Crippen molar-refractivity contribution in [1.82, 2.24) is 4.90 Å². The fourth-order valence-electron chi connectivity index (χ4n) is 4.92. The number of hydrogen-bond acceptors (Lipinski definition) is 6. The average molecular weight is 530 g/mol. The van der Waals surface area contributed by atoms with E-state index in [-0.39, 0.29) is 12.7 Å². The van der Waals surface area contributed by atoms with Crippen LogP contribution < -0.4 is 4.74 Å². The molecule has 1 fully saturated rings. The van der Waals surface area contributed by atoms with Crippen LogP contribution in [0.15, 0.2) is 42.5 Å². The quantitative estimate of drug-likeness (QED) is 0.262. The average Bonchev–Trinajstić information content (AvgIpc) is 3.31. The van der Waals surface area contributed by atoms with E-state index in [4.69, 9.17) is 25.8 Å². The molecule has 0 bridgehead atoms. The highest BCUT2D eigenvalue weighted by molar-refractivity contribution is 6.31. The summed E-state index contributed by atoms with van der Waals surface area (Å²) in [5, 5.41) is 11.7. The third-order valence-electron chi connectivity index (χ3n) is 6.85. The second-order valence-corrected chi connectivity index (χ2v) is 9.92. The van der Waals surface area contributed by atoms with Gasteiger partial charge in [-0.3, -0.25) is 4.90 Å². The highest BCUT2D eigenvalue weighted by atomic mass is 35.5. The van der Waals surface area contributed by atoms with E-state index in [9.17, 15) is 9.90 Å². The Balaban J connectivity index is 1.63. The first-order valence-electron chi connectivity index (χ1n) is 13.2. The van der Waals surface area contributed by atoms with Gasteiger partial charge in [-0.1, -0.05) is 42.8 Å². The Bertz CT molecular complexity index is 1060. The van der Waals surface area contributed by atoms with Gasteiger partial charge in [0.05, 0.1) is 32.5 Å². The lowest BCUT2D eigenvalue weighted by Gasteiger charge is -2.28. The molecule has 6 nitrogen and oxygen atoms in total. The molecule has 0 amide bonds. The Morgan fingerprint density at radius 1 is 1.27 bits per heavy atom. The van der Waals surface area contributed by atoms with Gasteiger partial charge < -0.3 is 19.3 Å². The molecule has 0 spiro atoms. The number of rotatable bonds is 13. The molecule has 1 aliphatic rings. The number of aliphatic hydroxyl groups is 1. The second-order valence-electron chi connectivity index (χ2n) is 9.51. The molecule has 0 radical (unpaired) electrons. The molecule has 1 heterocycles. The van der Waals surface area contributed by atoms with Crippen molar-refractivity contribution >= 4 is 23.6 Å². The van der Waals surface area contributed by atoms with E-state index >= 15 is 0 Å². The Morgan fingerprint density at radius 3 is 2.78 bits per heavy atom. The summed E-state index contributed by atoms with van der Waals surface area (Å²) in [6.45, 7) is 7.89. The fourth-order valence-corrected chi connectivity index (χ4v) is 5.12. The molecular formula is C30H40ClNO5. The highest BCUT2D eigenvalue weighted by Gasteiger charge is 2.27. The number of halogens is 1. The maximum Gasteiger partial charge on any atom is 0.330 e. The molecular weight excluding hydrogens is 490 g/mol. The number of esters is 1. The molecule has 7 heteroatoms. The van der Waals surface area contributed by atoms with Gasteiger partial charge >= 0.3 is 5.97 Å². The van der Waals surface area contributed by atoms with E-state index in [1.165, 1.54) is 11.6 Å². The predicted octanol–water partition coefficient (Wildman–Crippen LogP) is 5.77. The van der Waals surface area contributed by atoms with E-state index in [1.807, 2.05) is 32.0 Å². The molecule has 2 aromatic rings. The molecule has 1 aliphatic heterocycles. The Labute approximate surface area is 226 Å². The monoisotopic (exact) mass is 529 g/mol. The standard InChI is InChI=1S/C30H40ClNO5/c1-5-28(25-10-7-11-29(35-4)26(25)14-15-30(34)36-6-2)37-20-24(33)19-32-16-8-9-23(32)17-22-13-12-21(3)27(31)18-22/h7,10-15,18,23-24,28,33H,5-6,8-9,16-17,19-20H2,1-4H3/t23-,24+,28+/m0/s1. The van der Waals surface area contributed by atoms with Crippen LogP contribution in [0.5, 0.6) is 5.75 Å². The lowest BCUT2D eigenvalue weighted by Crippen LogP contribution is -2.39. The van der Waals surface area contributed by atoms with Gasteiger partial charge in [0.1, 0.15) is 5.75 Å². The lowest BCUT2D eigenvalue weighted by atomic mass is 9.99. The van der Waals surface area contributed by atoms with E-state index in [0.717, 1.165) is 47.5 Å². The molecule has 0 aliphatic carbocycles. The van der Waals surface area contributed by atoms with E-state index < -0.39 is 12.1 Å². The van der Waals surface area contributed by atoms with Crippen LogP contribution in [0.1, 0.15) is 61.5 Å². The lowest BCUT2D eigenvalue weighted by molar-refractivity contribution is -0.137. The zero-order valence-corrected chi connectivity index (χ0v) is 23.2. The smallest absolute Gasteiger partial charge is 0.330 e. The van der Waals surface area contributed by atoms with Gasteiger partial charge in [0.15, 0.2) is 0 Å². The number of carbonyl (C=O) groups is 1. The van der Waals surface area contributed by atoms with Gasteiger partial charge in [-0.25, -0.2) is 4.79 Å². The van der Waals surface area contributed by atoms with Crippen LogP contribution in [0.4, 0.5) is 0 Å². The maximum absolute atomic E-state index is 11.9. The SMILES string of the molecule is CCOC(=O)C=Cc1c(OC)cccc1[C@@H](CC)OC[C@H](O)CN1CCC[C@H]1Cc1ccc(C)c(Cl)c1. The summed E-state index contributed by atoms with van der Waals surface area (Å²) >= 11 is 6.33. The second kappa shape index (κ2) is 14.5. The van der Waals surface area contributed by atoms with Crippen molar-refractivity contribution in [2.75, 3.05) is 33.4 Å². The van der Waals surface area contributed by atoms with E-state index in [0.29, 0.717) is 31.4 Å². The molecule has 202 valence electrons. The minimum absolute atomic E-state index is 0.219. The van der Waals surface area contributed by atoms with Crippen molar-refractivity contribution in [3.05, 3.63) is 69.8 Å². The topological polar surface area (TPSA) is 68.2 Å². The summed E-state index contributed by atoms with van der Waals surface area (Å²) < 4.78 is 16.8. The highest BCUT2D eigenvalue weighted by Crippen LogP contribution is 2.32. The number of hydrogen-bond donors (Lipinski definition) is 1. The summed E-state index contributed by atoms with van der Waals surface area (Å²) in [7, 11) is 1.60. The van der Waals surface area contributed by atoms with Crippen molar-refractivity contribution in [3.63, 3.8) is 0 Å². The van der Waals surface area contributed by atoms with Crippen LogP contribution >= 0.6 is 11.6 Å². The van der Waals surface area contributed by atoms with Crippen molar-refractivity contribution in [2.45, 2.75) is 64.7 Å². The Kier molecular flexibility index (Phi) is 11.5. The number of β-amino-alcohol motifs (C(OH)–C–C–N with tert-alkyl or cyclic N) is 1. The van der Waals surface area contributed by atoms with Crippen LogP contribution in [-0.4, -0.2) is 61.5 Å². The summed E-state index contributed by atoms with van der Waals surface area (Å²) in [5.74, 6) is 0.244. The molecule has 0 saturated carbocycles. The molecule has 0 aromatic heterocycles. The third-order valence-corrected chi connectivity index (χ3v) is 7.26. The molecule has 3 atom stereocenters. The van der Waals surface area contributed by atoms with Crippen LogP contribution in [-0.2, 0) is 20.7 Å². The number of aliphatic hydroxyl groups excluding tert-OH is 1. The zero-order valence-electron chi connectivity index (χ0n) is 22.4. The van der Waals surface area contributed by atoms with Gasteiger partial charge in [-0.2, -0.15) is 0 Å². The number of nitrogens with zero attached hydrogens (tertiary/aromatic N) is 1. The Hall–Kier alpha value is -2.38. The minimum atomic E-state index is -0.611. The summed E-state index contributed by atoms with van der Waals surface area (Å²) in [5.41, 5.74) is 3.99. The first-order valence-corrected chi connectivity index (χ1v) is 13.5. The number of ether oxygens (including phenoxy) is 3. The van der Waals surface area contributed by atoms with E-state index in [1.54, 1.807) is 20.1 Å². The number of aryl methyl sites for hydroxylation is 1. The van der Waals surface area contributed by atoms with Gasteiger partial charge in [0.25, 0.3) is 0 Å². The predicted molar refractivity (Wildman–Crippen MR) is 148 cm³/mol. The Morgan fingerprint density at radius 2 is 2.08 bits per heavy atom. The molecule has 0 unspecified atom stereocenters. The first-order chi connectivity index (χ1) is 17.9. The van der Waals surface area contributed by atoms with Crippen LogP contribution in [0.2, 0.25) is 5.02 Å². The molecule has 1 N–H and O–H groups in total. The largest absolute Gasteiger partial charge is 0.496 e. The number of carbonyl (C=O) groups excluding carboxylic acids is 1. The minimum Gasteiger partial charge on any atom is -0.496 e. The van der Waals surface area contributed by atoms with Crippen molar-refractivity contribution < 1.29 is 24.1 Å². The normalized spacial score (nSPS) is 17.7. The van der Waals surface area contributed by atoms with Crippen molar-refractivity contribution in [3.8, 4) is 5.75 Å². The summed E-state index contributed by atoms with van der Waals surface area (Å²) in [6.07, 6.45) is 6.11. The summed E-state index contributed by atoms with van der Waals surface area (Å²) in [6, 6.07) is 12.4. The molecule has 3 rings (SSSR count). The molecule has 37 heavy (non-hydrogen) atoms. The third kappa shape index (κ3) is 8.30. The zero-order chi connectivity index (χ0) is 26.8. The van der Waals surface area contributed by atoms with E-state index in [2.05, 4.69) is 23.1 Å². The number of benzene rings is 2. The molecule has 2 aromatic carbocycles. The number of likely N-dealkylation sites (tertiary alicyclic amines) is 1. The summed E-state index contributed by atoms with van der Waals surface area (Å²) in [4.78, 5) is 14.3. The van der Waals surface area contributed by atoms with Crippen molar-refractivity contribution in [2.24, 2.45) is 0 Å². The first kappa shape index (κ1) is 29.2.